The number of nitrogens with one attached hydrogen (secondary N) is 4. The van der Waals surface area contributed by atoms with Gasteiger partial charge in [-0.25, -0.2) is 9.59 Å². The Kier molecular flexibility index (Phi) is 12.6. The fourth-order valence-electron chi connectivity index (χ4n) is 3.76. The van der Waals surface area contributed by atoms with Crippen LogP contribution in [0.1, 0.15) is 37.8 Å². The Labute approximate surface area is 228 Å². The van der Waals surface area contributed by atoms with E-state index in [0.717, 1.165) is 11.1 Å². The Morgan fingerprint density at radius 2 is 1.45 bits per heavy atom. The maximum Gasteiger partial charge on any atom is 0.326 e. The molecule has 0 aliphatic rings. The average Bonchev–Trinajstić information content (AvgIpc) is 2.87. The van der Waals surface area contributed by atoms with Crippen LogP contribution in [0, 0.1) is 12.8 Å². The monoisotopic (exact) mass is 542 g/mol. The van der Waals surface area contributed by atoms with Gasteiger partial charge in [-0.3, -0.25) is 9.59 Å². The minimum atomic E-state index is -1.16. The zero-order valence-corrected chi connectivity index (χ0v) is 23.1. The van der Waals surface area contributed by atoms with Crippen LogP contribution in [-0.4, -0.2) is 59.1 Å². The van der Waals surface area contributed by atoms with E-state index in [1.807, 2.05) is 45.2 Å². The lowest BCUT2D eigenvalue weighted by molar-refractivity contribution is -0.142. The summed E-state index contributed by atoms with van der Waals surface area (Å²) in [5.41, 5.74) is 2.41. The van der Waals surface area contributed by atoms with Gasteiger partial charge in [-0.2, -0.15) is 11.8 Å². The molecule has 0 aromatic heterocycles. The molecule has 206 valence electrons. The first-order valence-electron chi connectivity index (χ1n) is 12.6. The number of amides is 4. The Balaban J connectivity index is 2.10. The SMILES string of the molecule is CSCC[C@H](NC(=O)Nc1ccc(C)cc1)C(=O)N[C@@H](CC(C)C)C(=O)N[C@@H](Cc1ccccc1)C(=O)O. The second-order valence-corrected chi connectivity index (χ2v) is 10.6. The number of urea groups is 1. The van der Waals surface area contributed by atoms with Crippen LogP contribution < -0.4 is 21.3 Å². The van der Waals surface area contributed by atoms with Crippen molar-refractivity contribution in [2.24, 2.45) is 5.92 Å². The van der Waals surface area contributed by atoms with E-state index in [9.17, 15) is 24.3 Å². The van der Waals surface area contributed by atoms with Crippen molar-refractivity contribution in [1.82, 2.24) is 16.0 Å². The van der Waals surface area contributed by atoms with Gasteiger partial charge in [0.2, 0.25) is 11.8 Å². The van der Waals surface area contributed by atoms with Gasteiger partial charge in [-0.15, -0.1) is 0 Å². The van der Waals surface area contributed by atoms with Crippen LogP contribution in [0.3, 0.4) is 0 Å². The van der Waals surface area contributed by atoms with E-state index in [4.69, 9.17) is 0 Å². The third-order valence-corrected chi connectivity index (χ3v) is 6.42. The molecular formula is C28H38N4O5S. The first kappa shape index (κ1) is 30.7. The van der Waals surface area contributed by atoms with Gasteiger partial charge in [0.05, 0.1) is 0 Å². The van der Waals surface area contributed by atoms with Crippen LogP contribution in [0.4, 0.5) is 10.5 Å². The number of aryl methyl sites for hydroxylation is 1. The smallest absolute Gasteiger partial charge is 0.326 e. The molecule has 0 heterocycles. The maximum atomic E-state index is 13.2. The summed E-state index contributed by atoms with van der Waals surface area (Å²) < 4.78 is 0. The van der Waals surface area contributed by atoms with Gasteiger partial charge >= 0.3 is 12.0 Å². The standard InChI is InChI=1S/C28H38N4O5S/c1-18(2)16-23(26(34)31-24(27(35)36)17-20-8-6-5-7-9-20)30-25(33)22(14-15-38-4)32-28(37)29-21-12-10-19(3)11-13-21/h5-13,18,22-24H,14-17H2,1-4H3,(H,30,33)(H,31,34)(H,35,36)(H2,29,32,37)/t22-,23-,24-/m0/s1. The molecule has 5 N–H and O–H groups in total. The van der Waals surface area contributed by atoms with E-state index in [2.05, 4.69) is 21.3 Å². The van der Waals surface area contributed by atoms with Crippen molar-refractivity contribution in [3.63, 3.8) is 0 Å². The zero-order chi connectivity index (χ0) is 28.1. The van der Waals surface area contributed by atoms with Crippen LogP contribution in [0.5, 0.6) is 0 Å². The molecule has 9 nitrogen and oxygen atoms in total. The summed E-state index contributed by atoms with van der Waals surface area (Å²) >= 11 is 1.53. The van der Waals surface area contributed by atoms with E-state index in [0.29, 0.717) is 24.3 Å². The minimum Gasteiger partial charge on any atom is -0.480 e. The number of carboxylic acids is 1. The highest BCUT2D eigenvalue weighted by molar-refractivity contribution is 7.98. The predicted octanol–water partition coefficient (Wildman–Crippen LogP) is 3.58. The van der Waals surface area contributed by atoms with Crippen molar-refractivity contribution >= 4 is 41.3 Å². The number of carbonyl (C=O) groups is 4. The van der Waals surface area contributed by atoms with Gasteiger partial charge in [-0.1, -0.05) is 61.9 Å². The summed E-state index contributed by atoms with van der Waals surface area (Å²) in [5, 5.41) is 20.4. The van der Waals surface area contributed by atoms with Crippen LogP contribution in [-0.2, 0) is 20.8 Å². The number of rotatable bonds is 14. The number of benzene rings is 2. The number of hydrogen-bond donors (Lipinski definition) is 5. The van der Waals surface area contributed by atoms with Gasteiger partial charge in [0.1, 0.15) is 18.1 Å². The lowest BCUT2D eigenvalue weighted by Crippen LogP contribution is -2.56. The lowest BCUT2D eigenvalue weighted by atomic mass is 10.0. The average molecular weight is 543 g/mol. The summed E-state index contributed by atoms with van der Waals surface area (Å²) in [5.74, 6) is -1.59. The van der Waals surface area contributed by atoms with E-state index >= 15 is 0 Å². The van der Waals surface area contributed by atoms with Gasteiger partial charge in [0, 0.05) is 12.1 Å². The second kappa shape index (κ2) is 15.7. The van der Waals surface area contributed by atoms with Crippen molar-refractivity contribution in [3.8, 4) is 0 Å². The van der Waals surface area contributed by atoms with Crippen molar-refractivity contribution in [3.05, 3.63) is 65.7 Å². The fourth-order valence-corrected chi connectivity index (χ4v) is 4.24. The number of hydrogen-bond acceptors (Lipinski definition) is 5. The second-order valence-electron chi connectivity index (χ2n) is 9.58. The number of anilines is 1. The number of thioether (sulfide) groups is 1. The highest BCUT2D eigenvalue weighted by Gasteiger charge is 2.30. The molecule has 0 spiro atoms. The van der Waals surface area contributed by atoms with Crippen LogP contribution in [0.2, 0.25) is 0 Å². The summed E-state index contributed by atoms with van der Waals surface area (Å²) in [6.45, 7) is 5.75. The summed E-state index contributed by atoms with van der Waals surface area (Å²) in [4.78, 5) is 50.9. The van der Waals surface area contributed by atoms with E-state index < -0.39 is 41.9 Å². The summed E-state index contributed by atoms with van der Waals surface area (Å²) in [7, 11) is 0. The summed E-state index contributed by atoms with van der Waals surface area (Å²) in [6, 6.07) is 12.8. The molecule has 10 heteroatoms. The molecular weight excluding hydrogens is 504 g/mol. The molecule has 0 aliphatic carbocycles. The van der Waals surface area contributed by atoms with Crippen molar-refractivity contribution in [1.29, 1.82) is 0 Å². The highest BCUT2D eigenvalue weighted by Crippen LogP contribution is 2.11. The quantitative estimate of drug-likeness (QED) is 0.248. The topological polar surface area (TPSA) is 137 Å². The minimum absolute atomic E-state index is 0.0471. The molecule has 4 amide bonds. The van der Waals surface area contributed by atoms with Crippen LogP contribution >= 0.6 is 11.8 Å². The van der Waals surface area contributed by atoms with Gasteiger partial charge in [0.25, 0.3) is 0 Å². The highest BCUT2D eigenvalue weighted by atomic mass is 32.2. The largest absolute Gasteiger partial charge is 0.480 e. The first-order valence-corrected chi connectivity index (χ1v) is 14.0. The Bertz CT molecular complexity index is 1060. The molecule has 0 fully saturated rings. The van der Waals surface area contributed by atoms with E-state index in [1.54, 1.807) is 36.4 Å². The van der Waals surface area contributed by atoms with Crippen LogP contribution in [0.15, 0.2) is 54.6 Å². The number of aliphatic carboxylic acids is 1. The third kappa shape index (κ3) is 10.8. The fraction of sp³-hybridized carbons (Fsp3) is 0.429. The molecule has 0 saturated heterocycles. The zero-order valence-electron chi connectivity index (χ0n) is 22.3. The molecule has 2 rings (SSSR count). The number of carboxylic acid groups (broad SMARTS) is 1. The van der Waals surface area contributed by atoms with Gasteiger partial charge in [0.15, 0.2) is 0 Å². The molecule has 0 saturated carbocycles. The van der Waals surface area contributed by atoms with E-state index in [-0.39, 0.29) is 12.3 Å². The molecule has 0 aliphatic heterocycles. The molecule has 2 aromatic carbocycles. The van der Waals surface area contributed by atoms with Crippen LogP contribution in [0.25, 0.3) is 0 Å². The predicted molar refractivity (Wildman–Crippen MR) is 151 cm³/mol. The molecule has 38 heavy (non-hydrogen) atoms. The van der Waals surface area contributed by atoms with Gasteiger partial charge < -0.3 is 26.4 Å². The molecule has 2 aromatic rings. The normalized spacial score (nSPS) is 13.2. The summed E-state index contributed by atoms with van der Waals surface area (Å²) in [6.07, 6.45) is 2.67. The molecule has 0 bridgehead atoms. The van der Waals surface area contributed by atoms with Gasteiger partial charge in [-0.05, 0) is 55.4 Å². The lowest BCUT2D eigenvalue weighted by Gasteiger charge is -2.25. The maximum absolute atomic E-state index is 13.2. The Morgan fingerprint density at radius 3 is 2.03 bits per heavy atom. The Hall–Kier alpha value is -3.53. The van der Waals surface area contributed by atoms with E-state index in [1.165, 1.54) is 11.8 Å². The van der Waals surface area contributed by atoms with Crippen molar-refractivity contribution in [2.75, 3.05) is 17.3 Å². The Morgan fingerprint density at radius 1 is 0.842 bits per heavy atom. The van der Waals surface area contributed by atoms with Crippen molar-refractivity contribution in [2.45, 2.75) is 58.2 Å². The number of carbonyl (C=O) groups excluding carboxylic acids is 3. The molecule has 0 unspecified atom stereocenters. The third-order valence-electron chi connectivity index (χ3n) is 5.78. The van der Waals surface area contributed by atoms with Crippen molar-refractivity contribution < 1.29 is 24.3 Å². The molecule has 0 radical (unpaired) electrons. The molecule has 3 atom stereocenters. The first-order chi connectivity index (χ1) is 18.1.